The van der Waals surface area contributed by atoms with Crippen molar-refractivity contribution in [3.63, 3.8) is 0 Å². The van der Waals surface area contributed by atoms with Gasteiger partial charge in [-0.25, -0.2) is 4.79 Å². The zero-order valence-electron chi connectivity index (χ0n) is 13.6. The number of aliphatic hydroxyl groups excluding tert-OH is 2. The molecule has 0 aromatic rings. The molecular formula is C15H28O7. The van der Waals surface area contributed by atoms with Crippen LogP contribution in [0.5, 0.6) is 0 Å². The molecular weight excluding hydrogens is 292 g/mol. The molecule has 0 aliphatic heterocycles. The molecule has 0 fully saturated rings. The van der Waals surface area contributed by atoms with E-state index in [0.717, 1.165) is 6.08 Å². The first-order chi connectivity index (χ1) is 10.3. The Labute approximate surface area is 131 Å². The number of rotatable bonds is 13. The number of hydrogen-bond acceptors (Lipinski definition) is 7. The van der Waals surface area contributed by atoms with Gasteiger partial charge in [0, 0.05) is 6.08 Å². The Morgan fingerprint density at radius 1 is 1.00 bits per heavy atom. The van der Waals surface area contributed by atoms with Crippen molar-refractivity contribution in [1.82, 2.24) is 0 Å². The van der Waals surface area contributed by atoms with E-state index < -0.39 is 24.3 Å². The van der Waals surface area contributed by atoms with Crippen molar-refractivity contribution in [3.05, 3.63) is 12.7 Å². The first kappa shape index (κ1) is 21.0. The zero-order valence-corrected chi connectivity index (χ0v) is 13.6. The molecule has 7 heteroatoms. The van der Waals surface area contributed by atoms with Crippen LogP contribution in [-0.4, -0.2) is 73.6 Å². The van der Waals surface area contributed by atoms with Gasteiger partial charge < -0.3 is 29.2 Å². The van der Waals surface area contributed by atoms with E-state index in [1.54, 1.807) is 20.8 Å². The fourth-order valence-electron chi connectivity index (χ4n) is 1.44. The van der Waals surface area contributed by atoms with Gasteiger partial charge in [0.1, 0.15) is 12.2 Å². The maximum Gasteiger partial charge on any atom is 0.330 e. The molecule has 0 saturated carbocycles. The SMILES string of the molecule is C=CC(=O)OC(C)COCC(COCC(C)O)OCC(C)O. The predicted octanol–water partition coefficient (Wildman–Crippen LogP) is 0.284. The number of carbonyl (C=O) groups is 1. The molecule has 0 spiro atoms. The van der Waals surface area contributed by atoms with Crippen molar-refractivity contribution >= 4 is 5.97 Å². The number of esters is 1. The maximum atomic E-state index is 11.0. The summed E-state index contributed by atoms with van der Waals surface area (Å²) in [6.07, 6.45) is -0.838. The number of aliphatic hydroxyl groups is 2. The summed E-state index contributed by atoms with van der Waals surface area (Å²) in [5.74, 6) is -0.502. The fourth-order valence-corrected chi connectivity index (χ4v) is 1.44. The van der Waals surface area contributed by atoms with Gasteiger partial charge in [-0.15, -0.1) is 0 Å². The quantitative estimate of drug-likeness (QED) is 0.372. The van der Waals surface area contributed by atoms with Crippen LogP contribution in [0, 0.1) is 0 Å². The van der Waals surface area contributed by atoms with Crippen LogP contribution in [0.15, 0.2) is 12.7 Å². The van der Waals surface area contributed by atoms with E-state index in [2.05, 4.69) is 6.58 Å². The minimum absolute atomic E-state index is 0.160. The van der Waals surface area contributed by atoms with Gasteiger partial charge in [0.2, 0.25) is 0 Å². The minimum Gasteiger partial charge on any atom is -0.457 e. The third kappa shape index (κ3) is 12.7. The average Bonchev–Trinajstić information content (AvgIpc) is 2.43. The van der Waals surface area contributed by atoms with E-state index in [0.29, 0.717) is 0 Å². The molecule has 7 nitrogen and oxygen atoms in total. The summed E-state index contributed by atoms with van der Waals surface area (Å²) in [5, 5.41) is 18.4. The topological polar surface area (TPSA) is 94.5 Å². The Kier molecular flexibility index (Phi) is 12.0. The molecule has 4 unspecified atom stereocenters. The van der Waals surface area contributed by atoms with Crippen molar-refractivity contribution in [1.29, 1.82) is 0 Å². The van der Waals surface area contributed by atoms with Gasteiger partial charge in [0.25, 0.3) is 0 Å². The van der Waals surface area contributed by atoms with Gasteiger partial charge in [-0.05, 0) is 20.8 Å². The van der Waals surface area contributed by atoms with Crippen LogP contribution >= 0.6 is 0 Å². The second kappa shape index (κ2) is 12.5. The van der Waals surface area contributed by atoms with Crippen LogP contribution in [0.2, 0.25) is 0 Å². The molecule has 0 amide bonds. The zero-order chi connectivity index (χ0) is 17.0. The van der Waals surface area contributed by atoms with Gasteiger partial charge in [-0.2, -0.15) is 0 Å². The third-order valence-electron chi connectivity index (χ3n) is 2.38. The standard InChI is InChI=1S/C15H28O7/c1-5-15(18)22-13(4)8-20-10-14(21-7-12(3)17)9-19-6-11(2)16/h5,11-14,16-17H,1,6-10H2,2-4H3. The monoisotopic (exact) mass is 320 g/mol. The number of hydrogen-bond donors (Lipinski definition) is 2. The van der Waals surface area contributed by atoms with Crippen molar-refractivity contribution < 1.29 is 34.0 Å². The Morgan fingerprint density at radius 2 is 1.55 bits per heavy atom. The molecule has 0 rings (SSSR count). The Hall–Kier alpha value is -0.990. The van der Waals surface area contributed by atoms with Crippen LogP contribution in [0.4, 0.5) is 0 Å². The summed E-state index contributed by atoms with van der Waals surface area (Å²) in [5.41, 5.74) is 0. The van der Waals surface area contributed by atoms with Crippen LogP contribution < -0.4 is 0 Å². The van der Waals surface area contributed by atoms with Gasteiger partial charge in [-0.3, -0.25) is 0 Å². The Balaban J connectivity index is 4.04. The van der Waals surface area contributed by atoms with Gasteiger partial charge in [0.15, 0.2) is 0 Å². The lowest BCUT2D eigenvalue weighted by Gasteiger charge is -2.20. The minimum atomic E-state index is -0.591. The summed E-state index contributed by atoms with van der Waals surface area (Å²) in [6, 6.07) is 0. The molecule has 0 aliphatic rings. The van der Waals surface area contributed by atoms with E-state index in [9.17, 15) is 9.90 Å². The van der Waals surface area contributed by atoms with Crippen molar-refractivity contribution in [2.45, 2.75) is 45.2 Å². The van der Waals surface area contributed by atoms with Gasteiger partial charge >= 0.3 is 5.97 Å². The van der Waals surface area contributed by atoms with E-state index in [4.69, 9.17) is 24.1 Å². The van der Waals surface area contributed by atoms with Crippen molar-refractivity contribution in [2.75, 3.05) is 33.0 Å². The molecule has 22 heavy (non-hydrogen) atoms. The van der Waals surface area contributed by atoms with Crippen LogP contribution in [0.1, 0.15) is 20.8 Å². The molecule has 0 heterocycles. The summed E-state index contributed by atoms with van der Waals surface area (Å²) >= 11 is 0. The van der Waals surface area contributed by atoms with Gasteiger partial charge in [0.05, 0.1) is 45.2 Å². The van der Waals surface area contributed by atoms with Crippen LogP contribution in [0.3, 0.4) is 0 Å². The number of carbonyl (C=O) groups excluding carboxylic acids is 1. The molecule has 2 N–H and O–H groups in total. The lowest BCUT2D eigenvalue weighted by molar-refractivity contribution is -0.146. The Morgan fingerprint density at radius 3 is 2.05 bits per heavy atom. The van der Waals surface area contributed by atoms with Crippen LogP contribution in [0.25, 0.3) is 0 Å². The summed E-state index contributed by atoms with van der Waals surface area (Å²) in [7, 11) is 0. The summed E-state index contributed by atoms with van der Waals surface area (Å²) < 4.78 is 21.2. The molecule has 0 bridgehead atoms. The molecule has 130 valence electrons. The van der Waals surface area contributed by atoms with E-state index in [-0.39, 0.29) is 39.1 Å². The smallest absolute Gasteiger partial charge is 0.330 e. The molecule has 0 radical (unpaired) electrons. The van der Waals surface area contributed by atoms with Crippen molar-refractivity contribution in [3.8, 4) is 0 Å². The Bertz CT molecular complexity index is 304. The predicted molar refractivity (Wildman–Crippen MR) is 80.5 cm³/mol. The van der Waals surface area contributed by atoms with Crippen LogP contribution in [-0.2, 0) is 23.7 Å². The highest BCUT2D eigenvalue weighted by Gasteiger charge is 2.14. The van der Waals surface area contributed by atoms with E-state index in [1.165, 1.54) is 0 Å². The van der Waals surface area contributed by atoms with Crippen molar-refractivity contribution in [2.24, 2.45) is 0 Å². The highest BCUT2D eigenvalue weighted by molar-refractivity contribution is 5.81. The lowest BCUT2D eigenvalue weighted by atomic mass is 10.3. The number of ether oxygens (including phenoxy) is 4. The average molecular weight is 320 g/mol. The normalized spacial score (nSPS) is 16.6. The summed E-state index contributed by atoms with van der Waals surface area (Å²) in [4.78, 5) is 11.0. The summed E-state index contributed by atoms with van der Waals surface area (Å²) in [6.45, 7) is 9.29. The highest BCUT2D eigenvalue weighted by atomic mass is 16.6. The largest absolute Gasteiger partial charge is 0.457 e. The first-order valence-corrected chi connectivity index (χ1v) is 7.31. The third-order valence-corrected chi connectivity index (χ3v) is 2.38. The van der Waals surface area contributed by atoms with E-state index in [1.807, 2.05) is 0 Å². The first-order valence-electron chi connectivity index (χ1n) is 7.31. The maximum absolute atomic E-state index is 11.0. The molecule has 4 atom stereocenters. The van der Waals surface area contributed by atoms with E-state index >= 15 is 0 Å². The molecule has 0 saturated heterocycles. The van der Waals surface area contributed by atoms with Gasteiger partial charge in [-0.1, -0.05) is 6.58 Å². The lowest BCUT2D eigenvalue weighted by Crippen LogP contribution is -2.31. The second-order valence-electron chi connectivity index (χ2n) is 5.18. The molecule has 0 aromatic carbocycles. The molecule has 0 aromatic heterocycles. The molecule has 0 aliphatic carbocycles. The second-order valence-corrected chi connectivity index (χ2v) is 5.18. The highest BCUT2D eigenvalue weighted by Crippen LogP contribution is 2.01. The fraction of sp³-hybridized carbons (Fsp3) is 0.800.